The van der Waals surface area contributed by atoms with E-state index in [1.807, 2.05) is 0 Å². The van der Waals surface area contributed by atoms with Crippen LogP contribution in [0.3, 0.4) is 0 Å². The summed E-state index contributed by atoms with van der Waals surface area (Å²) in [4.78, 5) is 47.3. The Kier molecular flexibility index (Phi) is 16.1. The zero-order valence-corrected chi connectivity index (χ0v) is 18.8. The van der Waals surface area contributed by atoms with Crippen LogP contribution in [-0.2, 0) is 38.1 Å². The van der Waals surface area contributed by atoms with Gasteiger partial charge in [-0.1, -0.05) is 11.1 Å². The first kappa shape index (κ1) is 27.6. The van der Waals surface area contributed by atoms with Crippen LogP contribution < -0.4 is 0 Å². The Morgan fingerprint density at radius 3 is 0.767 bits per heavy atom. The summed E-state index contributed by atoms with van der Waals surface area (Å²) in [6.45, 7) is 8.11. The van der Waals surface area contributed by atoms with Crippen molar-refractivity contribution in [1.82, 2.24) is 0 Å². The normalized spacial score (nSPS) is 10.1. The van der Waals surface area contributed by atoms with E-state index in [0.29, 0.717) is 52.1 Å². The molecular weight excluding hydrogens is 392 g/mol. The van der Waals surface area contributed by atoms with Crippen molar-refractivity contribution in [3.05, 3.63) is 11.1 Å². The smallest absolute Gasteiger partial charge is 0.306 e. The lowest BCUT2D eigenvalue weighted by Crippen LogP contribution is -2.10. The van der Waals surface area contributed by atoms with Gasteiger partial charge in [0.2, 0.25) is 0 Å². The van der Waals surface area contributed by atoms with Crippen LogP contribution in [0, 0.1) is 0 Å². The molecule has 0 unspecified atom stereocenters. The molecule has 0 aliphatic rings. The highest BCUT2D eigenvalue weighted by molar-refractivity contribution is 5.72. The largest absolute Gasteiger partial charge is 0.466 e. The first-order chi connectivity index (χ1) is 14.4. The van der Waals surface area contributed by atoms with E-state index in [2.05, 4.69) is 0 Å². The summed E-state index contributed by atoms with van der Waals surface area (Å²) in [5.41, 5.74) is 1.73. The number of hydrogen-bond acceptors (Lipinski definition) is 8. The van der Waals surface area contributed by atoms with Crippen LogP contribution in [0.1, 0.15) is 79.1 Å². The first-order valence-corrected chi connectivity index (χ1v) is 10.7. The van der Waals surface area contributed by atoms with E-state index in [4.69, 9.17) is 18.9 Å². The number of rotatable bonds is 16. The third-order valence-corrected chi connectivity index (χ3v) is 4.24. The number of esters is 4. The molecule has 0 aliphatic heterocycles. The van der Waals surface area contributed by atoms with E-state index >= 15 is 0 Å². The molecule has 0 aromatic heterocycles. The lowest BCUT2D eigenvalue weighted by atomic mass is 9.92. The fourth-order valence-electron chi connectivity index (χ4n) is 2.90. The fourth-order valence-corrected chi connectivity index (χ4v) is 2.90. The molecule has 30 heavy (non-hydrogen) atoms. The van der Waals surface area contributed by atoms with E-state index in [1.165, 1.54) is 0 Å². The molecule has 0 rings (SSSR count). The van der Waals surface area contributed by atoms with Gasteiger partial charge in [-0.25, -0.2) is 0 Å². The molecule has 0 bridgehead atoms. The SMILES string of the molecule is CCOC(=O)CCC(CCC(=O)OCC)=C(CCC(=O)OCC)CCC(=O)OCC. The molecule has 0 amide bonds. The molecule has 172 valence electrons. The highest BCUT2D eigenvalue weighted by Gasteiger charge is 2.16. The van der Waals surface area contributed by atoms with Crippen molar-refractivity contribution in [3.8, 4) is 0 Å². The van der Waals surface area contributed by atoms with Crippen molar-refractivity contribution in [1.29, 1.82) is 0 Å². The Balaban J connectivity index is 5.46. The van der Waals surface area contributed by atoms with Crippen molar-refractivity contribution >= 4 is 23.9 Å². The second-order valence-electron chi connectivity index (χ2n) is 6.43. The zero-order chi connectivity index (χ0) is 22.8. The van der Waals surface area contributed by atoms with Gasteiger partial charge in [-0.05, 0) is 53.4 Å². The molecule has 0 saturated heterocycles. The summed E-state index contributed by atoms with van der Waals surface area (Å²) in [6, 6.07) is 0. The lowest BCUT2D eigenvalue weighted by molar-refractivity contribution is -0.144. The van der Waals surface area contributed by atoms with Crippen LogP contribution in [-0.4, -0.2) is 50.3 Å². The van der Waals surface area contributed by atoms with Crippen LogP contribution >= 0.6 is 0 Å². The standard InChI is InChI=1S/C22H36O8/c1-5-27-19(23)13-9-17(10-14-20(24)28-6-2)18(11-15-21(25)29-7-3)12-16-22(26)30-8-4/h5-16H2,1-4H3. The molecule has 8 nitrogen and oxygen atoms in total. The van der Waals surface area contributed by atoms with Crippen molar-refractivity contribution in [2.24, 2.45) is 0 Å². The highest BCUT2D eigenvalue weighted by atomic mass is 16.5. The second-order valence-corrected chi connectivity index (χ2v) is 6.43. The van der Waals surface area contributed by atoms with Crippen LogP contribution in [0.5, 0.6) is 0 Å². The Hall–Kier alpha value is -2.38. The zero-order valence-electron chi connectivity index (χ0n) is 18.8. The van der Waals surface area contributed by atoms with Crippen LogP contribution in [0.4, 0.5) is 0 Å². The maximum atomic E-state index is 11.8. The minimum atomic E-state index is -0.332. The summed E-state index contributed by atoms with van der Waals surface area (Å²) >= 11 is 0. The first-order valence-electron chi connectivity index (χ1n) is 10.7. The van der Waals surface area contributed by atoms with Crippen LogP contribution in [0.2, 0.25) is 0 Å². The van der Waals surface area contributed by atoms with E-state index in [0.717, 1.165) is 11.1 Å². The Morgan fingerprint density at radius 2 is 0.600 bits per heavy atom. The van der Waals surface area contributed by atoms with Crippen LogP contribution in [0.25, 0.3) is 0 Å². The van der Waals surface area contributed by atoms with E-state index in [-0.39, 0.29) is 49.6 Å². The molecule has 0 aromatic carbocycles. The molecular formula is C22H36O8. The van der Waals surface area contributed by atoms with Crippen molar-refractivity contribution in [3.63, 3.8) is 0 Å². The van der Waals surface area contributed by atoms with Gasteiger partial charge in [-0.2, -0.15) is 0 Å². The van der Waals surface area contributed by atoms with Gasteiger partial charge < -0.3 is 18.9 Å². The minimum Gasteiger partial charge on any atom is -0.466 e. The monoisotopic (exact) mass is 428 g/mol. The molecule has 0 atom stereocenters. The predicted octanol–water partition coefficient (Wildman–Crippen LogP) is 3.66. The number of carbonyl (C=O) groups is 4. The molecule has 0 aromatic rings. The van der Waals surface area contributed by atoms with Gasteiger partial charge in [0.25, 0.3) is 0 Å². The molecule has 0 heterocycles. The van der Waals surface area contributed by atoms with Crippen LogP contribution in [0.15, 0.2) is 11.1 Å². The maximum absolute atomic E-state index is 11.8. The number of carbonyl (C=O) groups excluding carboxylic acids is 4. The number of hydrogen-bond donors (Lipinski definition) is 0. The van der Waals surface area contributed by atoms with Gasteiger partial charge >= 0.3 is 23.9 Å². The summed E-state index contributed by atoms with van der Waals surface area (Å²) in [7, 11) is 0. The molecule has 0 N–H and O–H groups in total. The second kappa shape index (κ2) is 17.5. The minimum absolute atomic E-state index is 0.161. The van der Waals surface area contributed by atoms with Gasteiger partial charge in [0.05, 0.1) is 26.4 Å². The maximum Gasteiger partial charge on any atom is 0.306 e. The third-order valence-electron chi connectivity index (χ3n) is 4.24. The molecule has 0 aliphatic carbocycles. The highest BCUT2D eigenvalue weighted by Crippen LogP contribution is 2.26. The number of allylic oxidation sites excluding steroid dienone is 2. The molecule has 0 saturated carbocycles. The van der Waals surface area contributed by atoms with E-state index in [1.54, 1.807) is 27.7 Å². The third kappa shape index (κ3) is 13.7. The molecule has 8 heteroatoms. The summed E-state index contributed by atoms with van der Waals surface area (Å²) < 4.78 is 20.0. The molecule has 0 radical (unpaired) electrons. The van der Waals surface area contributed by atoms with Crippen molar-refractivity contribution in [2.75, 3.05) is 26.4 Å². The fraction of sp³-hybridized carbons (Fsp3) is 0.727. The van der Waals surface area contributed by atoms with Gasteiger partial charge in [-0.15, -0.1) is 0 Å². The summed E-state index contributed by atoms with van der Waals surface area (Å²) in [5.74, 6) is -1.33. The average molecular weight is 429 g/mol. The molecule has 0 fully saturated rings. The van der Waals surface area contributed by atoms with Gasteiger partial charge in [0, 0.05) is 25.7 Å². The van der Waals surface area contributed by atoms with Crippen molar-refractivity contribution < 1.29 is 38.1 Å². The Morgan fingerprint density at radius 1 is 0.400 bits per heavy atom. The Labute approximate surface area is 179 Å². The predicted molar refractivity (Wildman–Crippen MR) is 110 cm³/mol. The van der Waals surface area contributed by atoms with E-state index in [9.17, 15) is 19.2 Å². The lowest BCUT2D eigenvalue weighted by Gasteiger charge is -2.16. The van der Waals surface area contributed by atoms with Crippen molar-refractivity contribution in [2.45, 2.75) is 79.1 Å². The number of ether oxygens (including phenoxy) is 4. The topological polar surface area (TPSA) is 105 Å². The van der Waals surface area contributed by atoms with Gasteiger partial charge in [0.1, 0.15) is 0 Å². The average Bonchev–Trinajstić information content (AvgIpc) is 2.69. The van der Waals surface area contributed by atoms with Gasteiger partial charge in [-0.3, -0.25) is 19.2 Å². The quantitative estimate of drug-likeness (QED) is 0.208. The summed E-state index contributed by atoms with van der Waals surface area (Å²) in [6.07, 6.45) is 2.20. The van der Waals surface area contributed by atoms with Gasteiger partial charge in [0.15, 0.2) is 0 Å². The summed E-state index contributed by atoms with van der Waals surface area (Å²) in [5, 5.41) is 0. The van der Waals surface area contributed by atoms with E-state index < -0.39 is 0 Å². The Bertz CT molecular complexity index is 482. The molecule has 0 spiro atoms.